The maximum absolute atomic E-state index is 5.74. The van der Waals surface area contributed by atoms with Crippen molar-refractivity contribution in [3.05, 3.63) is 0 Å². The molecule has 2 rings (SSSR count). The fourth-order valence-electron chi connectivity index (χ4n) is 2.58. The molecule has 0 bridgehead atoms. The summed E-state index contributed by atoms with van der Waals surface area (Å²) in [5, 5.41) is 0. The number of hydrogen-bond acceptors (Lipinski definition) is 3. The smallest absolute Gasteiger partial charge is 0.0575 e. The lowest BCUT2D eigenvalue weighted by Crippen LogP contribution is -2.36. The number of nitrogens with one attached hydrogen (secondary N) is 1. The highest BCUT2D eigenvalue weighted by Gasteiger charge is 2.23. The summed E-state index contributed by atoms with van der Waals surface area (Å²) < 4.78 is 5.74. The monoisotopic (exact) mass is 226 g/mol. The zero-order chi connectivity index (χ0) is 11.2. The van der Waals surface area contributed by atoms with E-state index in [1.165, 1.54) is 57.8 Å². The largest absolute Gasteiger partial charge is 0.378 e. The average molecular weight is 226 g/mol. The standard InChI is InChI=1S/C13H26N2O/c14-15-12(7-6-11-4-5-11)8-9-13-3-1-2-10-16-13/h11-13,15H,1-10,14H2. The van der Waals surface area contributed by atoms with E-state index in [-0.39, 0.29) is 0 Å². The zero-order valence-corrected chi connectivity index (χ0v) is 10.3. The van der Waals surface area contributed by atoms with Crippen LogP contribution in [-0.2, 0) is 4.74 Å². The maximum Gasteiger partial charge on any atom is 0.0575 e. The van der Waals surface area contributed by atoms with Crippen LogP contribution in [0.15, 0.2) is 0 Å². The molecule has 1 saturated carbocycles. The molecule has 3 heteroatoms. The molecule has 1 aliphatic carbocycles. The minimum Gasteiger partial charge on any atom is -0.378 e. The van der Waals surface area contributed by atoms with Gasteiger partial charge in [-0.2, -0.15) is 0 Å². The van der Waals surface area contributed by atoms with Gasteiger partial charge < -0.3 is 4.74 Å². The van der Waals surface area contributed by atoms with E-state index in [1.807, 2.05) is 0 Å². The van der Waals surface area contributed by atoms with E-state index in [0.29, 0.717) is 12.1 Å². The van der Waals surface area contributed by atoms with Gasteiger partial charge in [-0.1, -0.05) is 12.8 Å². The van der Waals surface area contributed by atoms with Crippen molar-refractivity contribution < 1.29 is 4.74 Å². The maximum atomic E-state index is 5.74. The van der Waals surface area contributed by atoms with Crippen molar-refractivity contribution in [3.63, 3.8) is 0 Å². The molecule has 0 radical (unpaired) electrons. The minimum absolute atomic E-state index is 0.505. The zero-order valence-electron chi connectivity index (χ0n) is 10.3. The summed E-state index contributed by atoms with van der Waals surface area (Å²) >= 11 is 0. The fourth-order valence-corrected chi connectivity index (χ4v) is 2.58. The summed E-state index contributed by atoms with van der Waals surface area (Å²) in [5.74, 6) is 6.62. The Morgan fingerprint density at radius 1 is 1.12 bits per heavy atom. The Bertz CT molecular complexity index is 188. The fraction of sp³-hybridized carbons (Fsp3) is 1.00. The van der Waals surface area contributed by atoms with E-state index < -0.39 is 0 Å². The SMILES string of the molecule is NNC(CCC1CC1)CCC1CCCCO1. The normalized spacial score (nSPS) is 27.9. The summed E-state index contributed by atoms with van der Waals surface area (Å²) in [6.45, 7) is 0.966. The van der Waals surface area contributed by atoms with Gasteiger partial charge in [0.25, 0.3) is 0 Å². The predicted molar refractivity (Wildman–Crippen MR) is 65.9 cm³/mol. The molecular formula is C13H26N2O. The van der Waals surface area contributed by atoms with Gasteiger partial charge in [0.2, 0.25) is 0 Å². The second kappa shape index (κ2) is 6.58. The number of hydrogen-bond donors (Lipinski definition) is 2. The molecule has 1 heterocycles. The summed E-state index contributed by atoms with van der Waals surface area (Å²) in [5.41, 5.74) is 2.97. The van der Waals surface area contributed by atoms with Gasteiger partial charge in [0, 0.05) is 12.6 Å². The molecule has 16 heavy (non-hydrogen) atoms. The van der Waals surface area contributed by atoms with Crippen LogP contribution in [-0.4, -0.2) is 18.8 Å². The van der Waals surface area contributed by atoms with Gasteiger partial charge in [-0.15, -0.1) is 0 Å². The van der Waals surface area contributed by atoms with Crippen LogP contribution in [0, 0.1) is 5.92 Å². The third kappa shape index (κ3) is 4.40. The molecular weight excluding hydrogens is 200 g/mol. The molecule has 2 fully saturated rings. The average Bonchev–Trinajstić information content (AvgIpc) is 3.15. The van der Waals surface area contributed by atoms with Crippen molar-refractivity contribution in [2.24, 2.45) is 11.8 Å². The van der Waals surface area contributed by atoms with Gasteiger partial charge in [0.1, 0.15) is 0 Å². The van der Waals surface area contributed by atoms with Crippen LogP contribution in [0.25, 0.3) is 0 Å². The molecule has 2 atom stereocenters. The molecule has 2 aliphatic rings. The van der Waals surface area contributed by atoms with E-state index in [4.69, 9.17) is 10.6 Å². The first-order chi connectivity index (χ1) is 7.88. The Balaban J connectivity index is 1.57. The third-order valence-corrected chi connectivity index (χ3v) is 3.97. The van der Waals surface area contributed by atoms with Crippen molar-refractivity contribution in [2.75, 3.05) is 6.61 Å². The first kappa shape index (κ1) is 12.3. The second-order valence-corrected chi connectivity index (χ2v) is 5.45. The lowest BCUT2D eigenvalue weighted by atomic mass is 9.99. The molecule has 0 amide bonds. The number of hydrazine groups is 1. The predicted octanol–water partition coefficient (Wildman–Crippen LogP) is 2.36. The van der Waals surface area contributed by atoms with Crippen LogP contribution < -0.4 is 11.3 Å². The van der Waals surface area contributed by atoms with Gasteiger partial charge in [-0.3, -0.25) is 11.3 Å². The van der Waals surface area contributed by atoms with Crippen LogP contribution in [0.4, 0.5) is 0 Å². The molecule has 0 spiro atoms. The summed E-state index contributed by atoms with van der Waals surface area (Å²) in [6, 6.07) is 0.506. The Hall–Kier alpha value is -0.120. The molecule has 0 aromatic carbocycles. The molecule has 3 N–H and O–H groups in total. The summed E-state index contributed by atoms with van der Waals surface area (Å²) in [4.78, 5) is 0. The van der Waals surface area contributed by atoms with E-state index in [9.17, 15) is 0 Å². The second-order valence-electron chi connectivity index (χ2n) is 5.45. The van der Waals surface area contributed by atoms with Crippen molar-refractivity contribution >= 4 is 0 Å². The Morgan fingerprint density at radius 2 is 1.94 bits per heavy atom. The van der Waals surface area contributed by atoms with Crippen LogP contribution in [0.2, 0.25) is 0 Å². The Kier molecular flexibility index (Phi) is 5.07. The molecule has 1 saturated heterocycles. The third-order valence-electron chi connectivity index (χ3n) is 3.97. The summed E-state index contributed by atoms with van der Waals surface area (Å²) in [6.07, 6.45) is 12.2. The molecule has 0 aromatic rings. The van der Waals surface area contributed by atoms with Crippen molar-refractivity contribution in [1.29, 1.82) is 0 Å². The van der Waals surface area contributed by atoms with E-state index >= 15 is 0 Å². The highest BCUT2D eigenvalue weighted by Crippen LogP contribution is 2.34. The van der Waals surface area contributed by atoms with Crippen molar-refractivity contribution in [2.45, 2.75) is 69.9 Å². The molecule has 94 valence electrons. The minimum atomic E-state index is 0.505. The van der Waals surface area contributed by atoms with Crippen LogP contribution in [0.3, 0.4) is 0 Å². The van der Waals surface area contributed by atoms with Gasteiger partial charge in [-0.05, 0) is 50.9 Å². The Labute approximate surface area is 99.1 Å². The van der Waals surface area contributed by atoms with Gasteiger partial charge in [0.05, 0.1) is 6.10 Å². The quantitative estimate of drug-likeness (QED) is 0.517. The van der Waals surface area contributed by atoms with Gasteiger partial charge >= 0.3 is 0 Å². The van der Waals surface area contributed by atoms with Crippen LogP contribution >= 0.6 is 0 Å². The number of ether oxygens (including phenoxy) is 1. The van der Waals surface area contributed by atoms with Gasteiger partial charge in [-0.25, -0.2) is 0 Å². The topological polar surface area (TPSA) is 47.3 Å². The first-order valence-electron chi connectivity index (χ1n) is 6.96. The molecule has 2 unspecified atom stereocenters. The van der Waals surface area contributed by atoms with E-state index in [1.54, 1.807) is 0 Å². The first-order valence-corrected chi connectivity index (χ1v) is 6.96. The molecule has 3 nitrogen and oxygen atoms in total. The molecule has 0 aromatic heterocycles. The molecule has 1 aliphatic heterocycles. The number of rotatable bonds is 7. The summed E-state index contributed by atoms with van der Waals surface area (Å²) in [7, 11) is 0. The lowest BCUT2D eigenvalue weighted by molar-refractivity contribution is 0.00839. The van der Waals surface area contributed by atoms with E-state index in [2.05, 4.69) is 5.43 Å². The van der Waals surface area contributed by atoms with Crippen molar-refractivity contribution in [3.8, 4) is 0 Å². The van der Waals surface area contributed by atoms with Crippen molar-refractivity contribution in [1.82, 2.24) is 5.43 Å². The lowest BCUT2D eigenvalue weighted by Gasteiger charge is -2.24. The van der Waals surface area contributed by atoms with E-state index in [0.717, 1.165) is 12.5 Å². The van der Waals surface area contributed by atoms with Crippen LogP contribution in [0.5, 0.6) is 0 Å². The number of nitrogens with two attached hydrogens (primary N) is 1. The highest BCUT2D eigenvalue weighted by atomic mass is 16.5. The highest BCUT2D eigenvalue weighted by molar-refractivity contribution is 4.77. The Morgan fingerprint density at radius 3 is 2.56 bits per heavy atom. The van der Waals surface area contributed by atoms with Crippen LogP contribution in [0.1, 0.15) is 57.8 Å². The van der Waals surface area contributed by atoms with Gasteiger partial charge in [0.15, 0.2) is 0 Å².